The number of nitrogens with zero attached hydrogens (tertiary/aromatic N) is 5. The lowest BCUT2D eigenvalue weighted by molar-refractivity contribution is 0.0179. The van der Waals surface area contributed by atoms with E-state index >= 15 is 0 Å². The lowest BCUT2D eigenvalue weighted by Crippen LogP contribution is -2.67. The van der Waals surface area contributed by atoms with Crippen LogP contribution in [0.15, 0.2) is 73.2 Å². The molecule has 2 atom stereocenters. The van der Waals surface area contributed by atoms with Crippen LogP contribution >= 0.6 is 22.6 Å². The van der Waals surface area contributed by atoms with E-state index in [0.717, 1.165) is 15.3 Å². The van der Waals surface area contributed by atoms with Gasteiger partial charge in [0, 0.05) is 16.3 Å². The molecule has 4 aromatic rings. The van der Waals surface area contributed by atoms with Gasteiger partial charge in [-0.05, 0) is 107 Å². The summed E-state index contributed by atoms with van der Waals surface area (Å²) in [5.74, 6) is 0.0372. The summed E-state index contributed by atoms with van der Waals surface area (Å²) >= 11 is 2.16. The molecule has 1 saturated heterocycles. The second-order valence-electron chi connectivity index (χ2n) is 18.2. The zero-order valence-corrected chi connectivity index (χ0v) is 37.8. The molecule has 14 heteroatoms. The first-order chi connectivity index (χ1) is 25.9. The average molecular weight is 898 g/mol. The minimum absolute atomic E-state index is 0.0372. The standard InChI is InChI=1S/C42H56IN5O7Si/c1-39(2,3)53-36(49)47-24-28(23-29(47)26-52-56(42(10,11)12,30-19-15-13-16-20-30)31-21-17-14-18-22-31)46-25-32(43)33-34(46)44-27-45-35(33)48(37(50)54-40(4,5)6)38(51)55-41(7,8)9/h13-22,25,27-29H,23-24,26H2,1-12H3/t28-,29-/m0/s1. The molecule has 0 aliphatic carbocycles. The van der Waals surface area contributed by atoms with E-state index in [0.29, 0.717) is 27.6 Å². The van der Waals surface area contributed by atoms with Crippen LogP contribution in [0.1, 0.15) is 95.5 Å². The number of halogens is 1. The van der Waals surface area contributed by atoms with Crippen molar-refractivity contribution in [3.8, 4) is 0 Å². The van der Waals surface area contributed by atoms with Gasteiger partial charge in [0.2, 0.25) is 0 Å². The smallest absolute Gasteiger partial charge is 0.425 e. The van der Waals surface area contributed by atoms with Crippen molar-refractivity contribution < 1.29 is 33.0 Å². The molecular formula is C42H56IN5O7Si. The predicted octanol–water partition coefficient (Wildman–Crippen LogP) is 8.84. The number of imide groups is 1. The molecule has 1 aliphatic heterocycles. The maximum atomic E-state index is 14.0. The van der Waals surface area contributed by atoms with Crippen molar-refractivity contribution in [1.82, 2.24) is 19.4 Å². The molecule has 56 heavy (non-hydrogen) atoms. The largest absolute Gasteiger partial charge is 0.444 e. The highest BCUT2D eigenvalue weighted by Gasteiger charge is 2.51. The van der Waals surface area contributed by atoms with Gasteiger partial charge in [-0.15, -0.1) is 0 Å². The van der Waals surface area contributed by atoms with Gasteiger partial charge in [0.25, 0.3) is 8.32 Å². The van der Waals surface area contributed by atoms with Crippen LogP contribution in [0.25, 0.3) is 11.0 Å². The van der Waals surface area contributed by atoms with Crippen LogP contribution in [0.3, 0.4) is 0 Å². The molecule has 12 nitrogen and oxygen atoms in total. The number of hydrogen-bond donors (Lipinski definition) is 0. The summed E-state index contributed by atoms with van der Waals surface area (Å²) in [5.41, 5.74) is -2.03. The number of benzene rings is 2. The maximum Gasteiger partial charge on any atom is 0.425 e. The second kappa shape index (κ2) is 16.1. The Bertz CT molecular complexity index is 1960. The van der Waals surface area contributed by atoms with E-state index in [1.807, 2.05) is 43.7 Å². The summed E-state index contributed by atoms with van der Waals surface area (Å²) in [6.45, 7) is 23.1. The summed E-state index contributed by atoms with van der Waals surface area (Å²) in [5, 5.41) is 2.50. The quantitative estimate of drug-likeness (QED) is 0.102. The summed E-state index contributed by atoms with van der Waals surface area (Å²) in [6.07, 6.45) is 1.48. The highest BCUT2D eigenvalue weighted by molar-refractivity contribution is 14.1. The Labute approximate surface area is 345 Å². The van der Waals surface area contributed by atoms with Crippen molar-refractivity contribution in [3.63, 3.8) is 0 Å². The molecule has 0 spiro atoms. The van der Waals surface area contributed by atoms with E-state index < -0.39 is 43.4 Å². The van der Waals surface area contributed by atoms with E-state index in [2.05, 4.69) is 102 Å². The SMILES string of the molecule is CC(C)(C)OC(=O)N(C(=O)OC(C)(C)C)c1ncnc2c1c(I)cn2[C@H]1C[C@@H](CO[Si](c2ccccc2)(c2ccccc2)C(C)(C)C)N(C(=O)OC(C)(C)C)C1. The third-order valence-corrected chi connectivity index (χ3v) is 15.1. The van der Waals surface area contributed by atoms with Gasteiger partial charge in [-0.3, -0.25) is 0 Å². The van der Waals surface area contributed by atoms with Crippen LogP contribution in [0, 0.1) is 3.57 Å². The topological polar surface area (TPSA) is 125 Å². The molecule has 3 amide bonds. The number of fused-ring (bicyclic) bond motifs is 1. The van der Waals surface area contributed by atoms with Crippen molar-refractivity contribution in [2.45, 2.75) is 123 Å². The monoisotopic (exact) mass is 897 g/mol. The van der Waals surface area contributed by atoms with Crippen LogP contribution in [-0.4, -0.2) is 82.0 Å². The predicted molar refractivity (Wildman–Crippen MR) is 229 cm³/mol. The lowest BCUT2D eigenvalue weighted by atomic mass is 10.2. The minimum Gasteiger partial charge on any atom is -0.444 e. The molecule has 0 saturated carbocycles. The van der Waals surface area contributed by atoms with Crippen LogP contribution in [0.4, 0.5) is 20.2 Å². The molecule has 0 radical (unpaired) electrons. The van der Waals surface area contributed by atoms with Crippen molar-refractivity contribution in [2.24, 2.45) is 0 Å². The van der Waals surface area contributed by atoms with E-state index in [9.17, 15) is 14.4 Å². The molecule has 3 heterocycles. The summed E-state index contributed by atoms with van der Waals surface area (Å²) in [6, 6.07) is 20.2. The van der Waals surface area contributed by atoms with Crippen molar-refractivity contribution in [3.05, 3.63) is 76.8 Å². The number of rotatable bonds is 7. The van der Waals surface area contributed by atoms with Crippen molar-refractivity contribution in [1.29, 1.82) is 0 Å². The number of carbonyl (C=O) groups excluding carboxylic acids is 3. The van der Waals surface area contributed by atoms with Crippen LogP contribution in [0.2, 0.25) is 5.04 Å². The number of aromatic nitrogens is 3. The Kier molecular flexibility index (Phi) is 12.4. The van der Waals surface area contributed by atoms with Gasteiger partial charge in [0.05, 0.1) is 24.1 Å². The summed E-state index contributed by atoms with van der Waals surface area (Å²) in [4.78, 5) is 53.1. The lowest BCUT2D eigenvalue weighted by Gasteiger charge is -2.44. The number of hydrogen-bond acceptors (Lipinski definition) is 9. The molecular weight excluding hydrogens is 841 g/mol. The van der Waals surface area contributed by atoms with Gasteiger partial charge in [0.1, 0.15) is 28.8 Å². The first-order valence-electron chi connectivity index (χ1n) is 18.9. The highest BCUT2D eigenvalue weighted by atomic mass is 127. The van der Waals surface area contributed by atoms with Gasteiger partial charge < -0.3 is 28.1 Å². The van der Waals surface area contributed by atoms with E-state index in [1.165, 1.54) is 6.33 Å². The van der Waals surface area contributed by atoms with Crippen molar-refractivity contribution >= 4 is 76.4 Å². The van der Waals surface area contributed by atoms with E-state index in [-0.39, 0.29) is 29.5 Å². The second-order valence-corrected chi connectivity index (χ2v) is 23.7. The van der Waals surface area contributed by atoms with Gasteiger partial charge in [-0.2, -0.15) is 4.90 Å². The van der Waals surface area contributed by atoms with E-state index in [1.54, 1.807) is 46.4 Å². The Morgan fingerprint density at radius 2 is 1.27 bits per heavy atom. The van der Waals surface area contributed by atoms with Crippen LogP contribution < -0.4 is 15.3 Å². The van der Waals surface area contributed by atoms with Crippen LogP contribution in [0.5, 0.6) is 0 Å². The number of anilines is 1. The zero-order valence-electron chi connectivity index (χ0n) is 34.7. The van der Waals surface area contributed by atoms with Crippen LogP contribution in [-0.2, 0) is 18.6 Å². The maximum absolute atomic E-state index is 14.0. The fourth-order valence-corrected chi connectivity index (χ4v) is 12.5. The molecule has 5 rings (SSSR count). The first-order valence-corrected chi connectivity index (χ1v) is 21.9. The summed E-state index contributed by atoms with van der Waals surface area (Å²) < 4.78 is 27.4. The Morgan fingerprint density at radius 1 is 0.768 bits per heavy atom. The van der Waals surface area contributed by atoms with Crippen molar-refractivity contribution in [2.75, 3.05) is 18.1 Å². The number of amides is 3. The highest BCUT2D eigenvalue weighted by Crippen LogP contribution is 2.40. The summed E-state index contributed by atoms with van der Waals surface area (Å²) in [7, 11) is -2.95. The first kappa shape index (κ1) is 43.1. The third kappa shape index (κ3) is 9.56. The van der Waals surface area contributed by atoms with Gasteiger partial charge in [0.15, 0.2) is 5.82 Å². The number of ether oxygens (including phenoxy) is 3. The molecule has 0 N–H and O–H groups in total. The average Bonchev–Trinajstić information content (AvgIpc) is 3.64. The zero-order chi connectivity index (χ0) is 41.4. The molecule has 302 valence electrons. The fourth-order valence-electron chi connectivity index (χ4n) is 7.11. The van der Waals surface area contributed by atoms with Gasteiger partial charge >= 0.3 is 18.3 Å². The third-order valence-electron chi connectivity index (χ3n) is 9.23. The Balaban J connectivity index is 1.58. The molecule has 0 bridgehead atoms. The molecule has 2 aromatic heterocycles. The Hall–Kier alpha value is -4.02. The molecule has 1 fully saturated rings. The van der Waals surface area contributed by atoms with Gasteiger partial charge in [-0.1, -0.05) is 81.4 Å². The molecule has 1 aliphatic rings. The molecule has 2 aromatic carbocycles. The number of carbonyl (C=O) groups is 3. The fraction of sp³-hybridized carbons (Fsp3) is 0.500. The van der Waals surface area contributed by atoms with E-state index in [4.69, 9.17) is 18.6 Å². The Morgan fingerprint density at radius 3 is 1.73 bits per heavy atom. The normalized spacial score (nSPS) is 16.8. The number of likely N-dealkylation sites (tertiary alicyclic amines) is 1. The van der Waals surface area contributed by atoms with Gasteiger partial charge in [-0.25, -0.2) is 24.4 Å². The molecule has 0 unspecified atom stereocenters. The minimum atomic E-state index is -2.95.